The minimum absolute atomic E-state index is 0.0897. The highest BCUT2D eigenvalue weighted by molar-refractivity contribution is 5.67. The van der Waals surface area contributed by atoms with E-state index in [0.717, 1.165) is 17.7 Å². The van der Waals surface area contributed by atoms with Crippen LogP contribution in [0.4, 0.5) is 10.5 Å². The van der Waals surface area contributed by atoms with Gasteiger partial charge in [-0.05, 0) is 31.9 Å². The molecule has 1 atom stereocenters. The van der Waals surface area contributed by atoms with Crippen molar-refractivity contribution in [1.82, 2.24) is 4.57 Å². The zero-order valence-corrected chi connectivity index (χ0v) is 15.8. The van der Waals surface area contributed by atoms with Crippen LogP contribution in [0.2, 0.25) is 0 Å². The summed E-state index contributed by atoms with van der Waals surface area (Å²) in [5.74, 6) is -0.0952. The standard InChI is InChI=1S/C21H24N2O4/c1-4-12-23-13-11-16-18(20(23)24)17(15-9-7-6-8-10-15)19(14(3)22-16)27-21(25)26-5-2/h6-11,13,17,22H,4-5,12H2,1-3H3. The quantitative estimate of drug-likeness (QED) is 0.800. The molecule has 2 heterocycles. The van der Waals surface area contributed by atoms with E-state index in [4.69, 9.17) is 9.47 Å². The normalized spacial score (nSPS) is 15.7. The summed E-state index contributed by atoms with van der Waals surface area (Å²) >= 11 is 0. The number of hydrogen-bond acceptors (Lipinski definition) is 5. The Morgan fingerprint density at radius 3 is 2.59 bits per heavy atom. The van der Waals surface area contributed by atoms with Gasteiger partial charge in [0.25, 0.3) is 5.56 Å². The SMILES string of the molecule is CCCn1ccc2c(c1=O)C(c1ccccc1)C(OC(=O)OCC)=C(C)N2. The van der Waals surface area contributed by atoms with Gasteiger partial charge in [0.05, 0.1) is 23.8 Å². The lowest BCUT2D eigenvalue weighted by molar-refractivity contribution is 0.0777. The van der Waals surface area contributed by atoms with Crippen LogP contribution >= 0.6 is 0 Å². The monoisotopic (exact) mass is 368 g/mol. The topological polar surface area (TPSA) is 69.6 Å². The summed E-state index contributed by atoms with van der Waals surface area (Å²) in [5.41, 5.74) is 2.77. The third-order valence-corrected chi connectivity index (χ3v) is 4.50. The van der Waals surface area contributed by atoms with E-state index >= 15 is 0 Å². The molecule has 6 nitrogen and oxygen atoms in total. The minimum Gasteiger partial charge on any atom is -0.434 e. The Hall–Kier alpha value is -3.02. The highest BCUT2D eigenvalue weighted by atomic mass is 16.7. The van der Waals surface area contributed by atoms with Crippen LogP contribution in [0.5, 0.6) is 0 Å². The van der Waals surface area contributed by atoms with E-state index < -0.39 is 12.1 Å². The first-order chi connectivity index (χ1) is 13.1. The molecule has 3 rings (SSSR count). The molecule has 0 spiro atoms. The second-order valence-electron chi connectivity index (χ2n) is 6.38. The fourth-order valence-electron chi connectivity index (χ4n) is 3.34. The number of carbonyl (C=O) groups is 1. The summed E-state index contributed by atoms with van der Waals surface area (Å²) in [7, 11) is 0. The third-order valence-electron chi connectivity index (χ3n) is 4.50. The molecule has 1 aromatic heterocycles. The van der Waals surface area contributed by atoms with E-state index in [1.807, 2.05) is 50.2 Å². The van der Waals surface area contributed by atoms with Crippen molar-refractivity contribution in [2.45, 2.75) is 39.7 Å². The predicted molar refractivity (Wildman–Crippen MR) is 104 cm³/mol. The lowest BCUT2D eigenvalue weighted by Gasteiger charge is -2.30. The number of nitrogens with one attached hydrogen (secondary N) is 1. The molecule has 1 unspecified atom stereocenters. The van der Waals surface area contributed by atoms with Crippen LogP contribution in [0.1, 0.15) is 44.2 Å². The maximum Gasteiger partial charge on any atom is 0.513 e. The summed E-state index contributed by atoms with van der Waals surface area (Å²) in [5, 5.41) is 3.20. The van der Waals surface area contributed by atoms with Gasteiger partial charge in [-0.1, -0.05) is 37.3 Å². The van der Waals surface area contributed by atoms with Crippen molar-refractivity contribution in [2.75, 3.05) is 11.9 Å². The molecule has 1 aliphatic rings. The van der Waals surface area contributed by atoms with E-state index in [1.54, 1.807) is 17.7 Å². The number of carbonyl (C=O) groups excluding carboxylic acids is 1. The molecule has 0 fully saturated rings. The summed E-state index contributed by atoms with van der Waals surface area (Å²) in [6.45, 7) is 6.41. The molecular weight excluding hydrogens is 344 g/mol. The molecule has 0 amide bonds. The van der Waals surface area contributed by atoms with Crippen molar-refractivity contribution in [3.63, 3.8) is 0 Å². The highest BCUT2D eigenvalue weighted by Crippen LogP contribution is 2.40. The summed E-state index contributed by atoms with van der Waals surface area (Å²) < 4.78 is 12.2. The molecule has 1 N–H and O–H groups in total. The molecule has 0 bridgehead atoms. The molecule has 2 aromatic rings. The Bertz CT molecular complexity index is 916. The number of anilines is 1. The van der Waals surface area contributed by atoms with Gasteiger partial charge in [0.15, 0.2) is 0 Å². The smallest absolute Gasteiger partial charge is 0.434 e. The van der Waals surface area contributed by atoms with Crippen LogP contribution in [0, 0.1) is 0 Å². The van der Waals surface area contributed by atoms with Gasteiger partial charge in [-0.15, -0.1) is 0 Å². The summed E-state index contributed by atoms with van der Waals surface area (Å²) in [4.78, 5) is 25.2. The number of aromatic nitrogens is 1. The van der Waals surface area contributed by atoms with Crippen LogP contribution in [-0.4, -0.2) is 17.3 Å². The Kier molecular flexibility index (Phi) is 5.64. The molecule has 1 aliphatic heterocycles. The lowest BCUT2D eigenvalue weighted by Crippen LogP contribution is -2.32. The predicted octanol–water partition coefficient (Wildman–Crippen LogP) is 4.22. The maximum absolute atomic E-state index is 13.2. The van der Waals surface area contributed by atoms with E-state index in [2.05, 4.69) is 5.32 Å². The van der Waals surface area contributed by atoms with Gasteiger partial charge in [-0.25, -0.2) is 4.79 Å². The van der Waals surface area contributed by atoms with Crippen LogP contribution in [0.15, 0.2) is 58.8 Å². The molecule has 0 saturated carbocycles. The number of pyridine rings is 1. The molecule has 6 heteroatoms. The van der Waals surface area contributed by atoms with Crippen LogP contribution < -0.4 is 10.9 Å². The van der Waals surface area contributed by atoms with E-state index in [9.17, 15) is 9.59 Å². The van der Waals surface area contributed by atoms with Crippen molar-refractivity contribution >= 4 is 11.8 Å². The minimum atomic E-state index is -0.775. The number of allylic oxidation sites excluding steroid dienone is 2. The first kappa shape index (κ1) is 18.8. The third kappa shape index (κ3) is 3.74. The number of aryl methyl sites for hydroxylation is 1. The zero-order valence-electron chi connectivity index (χ0n) is 15.8. The maximum atomic E-state index is 13.2. The van der Waals surface area contributed by atoms with Crippen molar-refractivity contribution in [3.05, 3.63) is 75.5 Å². The van der Waals surface area contributed by atoms with E-state index in [1.165, 1.54) is 0 Å². The van der Waals surface area contributed by atoms with Crippen molar-refractivity contribution in [2.24, 2.45) is 0 Å². The van der Waals surface area contributed by atoms with Gasteiger partial charge in [-0.2, -0.15) is 0 Å². The summed E-state index contributed by atoms with van der Waals surface area (Å²) in [6, 6.07) is 11.5. The van der Waals surface area contributed by atoms with Gasteiger partial charge < -0.3 is 19.4 Å². The molecule has 27 heavy (non-hydrogen) atoms. The number of fused-ring (bicyclic) bond motifs is 1. The fourth-order valence-corrected chi connectivity index (χ4v) is 3.34. The average molecular weight is 368 g/mol. The van der Waals surface area contributed by atoms with Crippen molar-refractivity contribution in [3.8, 4) is 0 Å². The van der Waals surface area contributed by atoms with E-state index in [0.29, 0.717) is 23.6 Å². The molecule has 0 radical (unpaired) electrons. The number of ether oxygens (including phenoxy) is 2. The Morgan fingerprint density at radius 1 is 1.19 bits per heavy atom. The van der Waals surface area contributed by atoms with E-state index in [-0.39, 0.29) is 12.2 Å². The molecule has 0 saturated heterocycles. The van der Waals surface area contributed by atoms with Crippen molar-refractivity contribution in [1.29, 1.82) is 0 Å². The second kappa shape index (κ2) is 8.12. The molecule has 0 aliphatic carbocycles. The second-order valence-corrected chi connectivity index (χ2v) is 6.38. The highest BCUT2D eigenvalue weighted by Gasteiger charge is 2.34. The average Bonchev–Trinajstić information content (AvgIpc) is 2.66. The number of rotatable bonds is 5. The van der Waals surface area contributed by atoms with Crippen molar-refractivity contribution < 1.29 is 14.3 Å². The number of benzene rings is 1. The lowest BCUT2D eigenvalue weighted by atomic mass is 9.86. The van der Waals surface area contributed by atoms with Crippen LogP contribution in [-0.2, 0) is 16.0 Å². The molecule has 142 valence electrons. The van der Waals surface area contributed by atoms with Gasteiger partial charge in [-0.3, -0.25) is 4.79 Å². The number of nitrogens with zero attached hydrogens (tertiary/aromatic N) is 1. The van der Waals surface area contributed by atoms with Gasteiger partial charge in [0.2, 0.25) is 0 Å². The summed E-state index contributed by atoms with van der Waals surface area (Å²) in [6.07, 6.45) is 1.87. The van der Waals surface area contributed by atoms with Gasteiger partial charge >= 0.3 is 6.16 Å². The Labute approximate surface area is 158 Å². The van der Waals surface area contributed by atoms with Crippen LogP contribution in [0.3, 0.4) is 0 Å². The van der Waals surface area contributed by atoms with Gasteiger partial charge in [0.1, 0.15) is 5.76 Å². The largest absolute Gasteiger partial charge is 0.513 e. The zero-order chi connectivity index (χ0) is 19.4. The van der Waals surface area contributed by atoms with Gasteiger partial charge in [0, 0.05) is 18.4 Å². The first-order valence-corrected chi connectivity index (χ1v) is 9.17. The molecule has 1 aromatic carbocycles. The molecular formula is C21H24N2O4. The first-order valence-electron chi connectivity index (χ1n) is 9.17. The van der Waals surface area contributed by atoms with Crippen LogP contribution in [0.25, 0.3) is 0 Å². The Morgan fingerprint density at radius 2 is 1.93 bits per heavy atom. The number of hydrogen-bond donors (Lipinski definition) is 1. The Balaban J connectivity index is 2.17. The fraction of sp³-hybridized carbons (Fsp3) is 0.333.